The van der Waals surface area contributed by atoms with Gasteiger partial charge >= 0.3 is 0 Å². The number of nitrogens with one attached hydrogen (secondary N) is 1. The highest BCUT2D eigenvalue weighted by Gasteiger charge is 2.41. The molecule has 3 aromatic rings. The van der Waals surface area contributed by atoms with Crippen LogP contribution < -0.4 is 10.2 Å². The molecule has 2 heterocycles. The molecule has 1 aliphatic heterocycles. The Balaban J connectivity index is 1.53. The maximum Gasteiger partial charge on any atom is 0.144 e. The van der Waals surface area contributed by atoms with Crippen molar-refractivity contribution in [2.24, 2.45) is 10.9 Å². The van der Waals surface area contributed by atoms with Gasteiger partial charge in [-0.1, -0.05) is 30.3 Å². The van der Waals surface area contributed by atoms with Crippen molar-refractivity contribution in [1.82, 2.24) is 0 Å². The molecule has 1 saturated carbocycles. The number of benzene rings is 2. The van der Waals surface area contributed by atoms with E-state index in [4.69, 9.17) is 4.99 Å². The first kappa shape index (κ1) is 19.1. The summed E-state index contributed by atoms with van der Waals surface area (Å²) in [5.41, 5.74) is 5.31. The van der Waals surface area contributed by atoms with Gasteiger partial charge in [0.05, 0.1) is 23.3 Å². The van der Waals surface area contributed by atoms with Gasteiger partial charge in [0.15, 0.2) is 0 Å². The lowest BCUT2D eigenvalue weighted by Crippen LogP contribution is -2.38. The van der Waals surface area contributed by atoms with Gasteiger partial charge in [0.25, 0.3) is 0 Å². The zero-order valence-electron chi connectivity index (χ0n) is 17.2. The lowest BCUT2D eigenvalue weighted by Gasteiger charge is -2.33. The van der Waals surface area contributed by atoms with Crippen LogP contribution >= 0.6 is 11.3 Å². The minimum absolute atomic E-state index is 0.0584. The predicted octanol–water partition coefficient (Wildman–Crippen LogP) is 5.82. The smallest absolute Gasteiger partial charge is 0.144 e. The number of para-hydroxylation sites is 2. The van der Waals surface area contributed by atoms with E-state index in [0.29, 0.717) is 6.42 Å². The zero-order chi connectivity index (χ0) is 20.7. The van der Waals surface area contributed by atoms with E-state index in [2.05, 4.69) is 58.1 Å². The second-order valence-electron chi connectivity index (χ2n) is 8.29. The van der Waals surface area contributed by atoms with Crippen LogP contribution in [0.4, 0.5) is 17.1 Å². The van der Waals surface area contributed by atoms with E-state index in [1.54, 1.807) is 11.3 Å². The molecule has 1 N–H and O–H groups in total. The van der Waals surface area contributed by atoms with Crippen LogP contribution in [0.15, 0.2) is 71.0 Å². The summed E-state index contributed by atoms with van der Waals surface area (Å²) < 4.78 is 0. The van der Waals surface area contributed by atoms with E-state index in [1.807, 2.05) is 32.3 Å². The Morgan fingerprint density at radius 1 is 1.00 bits per heavy atom. The number of Topliss-reactive ketones (excluding diaryl/α,β-unsaturated/α-hetero) is 1. The van der Waals surface area contributed by atoms with E-state index < -0.39 is 0 Å². The summed E-state index contributed by atoms with van der Waals surface area (Å²) in [6.45, 7) is 0. The van der Waals surface area contributed by atoms with Crippen molar-refractivity contribution < 1.29 is 4.79 Å². The minimum Gasteiger partial charge on any atom is -0.378 e. The molecule has 4 nitrogen and oxygen atoms in total. The van der Waals surface area contributed by atoms with Gasteiger partial charge < -0.3 is 10.2 Å². The first-order valence-corrected chi connectivity index (χ1v) is 11.2. The highest BCUT2D eigenvalue weighted by atomic mass is 32.1. The van der Waals surface area contributed by atoms with Gasteiger partial charge in [-0.2, -0.15) is 0 Å². The van der Waals surface area contributed by atoms with Gasteiger partial charge in [-0.15, -0.1) is 11.3 Å². The van der Waals surface area contributed by atoms with Crippen LogP contribution in [0.25, 0.3) is 0 Å². The predicted molar refractivity (Wildman–Crippen MR) is 125 cm³/mol. The summed E-state index contributed by atoms with van der Waals surface area (Å²) in [6.07, 6.45) is 1.38. The number of ketones is 1. The van der Waals surface area contributed by atoms with Crippen LogP contribution in [0, 0.1) is 5.92 Å². The first-order chi connectivity index (χ1) is 14.6. The molecule has 1 aliphatic carbocycles. The SMILES string of the molecule is CN(C)c1ccc([C@H]2CC(=O)C3C(=Nc4ccccc4N[C@H]3c3cccs3)C2)cc1. The summed E-state index contributed by atoms with van der Waals surface area (Å²) in [4.78, 5) is 21.8. The summed E-state index contributed by atoms with van der Waals surface area (Å²) in [5.74, 6) is 0.242. The maximum atomic E-state index is 13.5. The van der Waals surface area contributed by atoms with Crippen molar-refractivity contribution in [2.45, 2.75) is 24.8 Å². The van der Waals surface area contributed by atoms with Crippen LogP contribution in [0.5, 0.6) is 0 Å². The Kier molecular flexibility index (Phi) is 4.91. The second-order valence-corrected chi connectivity index (χ2v) is 9.27. The average Bonchev–Trinajstić information content (AvgIpc) is 3.22. The maximum absolute atomic E-state index is 13.5. The fourth-order valence-corrected chi connectivity index (χ4v) is 5.40. The molecule has 152 valence electrons. The van der Waals surface area contributed by atoms with E-state index in [9.17, 15) is 4.79 Å². The van der Waals surface area contributed by atoms with Crippen molar-refractivity contribution in [2.75, 3.05) is 24.3 Å². The summed E-state index contributed by atoms with van der Waals surface area (Å²) in [7, 11) is 4.08. The molecule has 5 rings (SSSR count). The van der Waals surface area contributed by atoms with Gasteiger partial charge in [0.2, 0.25) is 0 Å². The molecule has 0 radical (unpaired) electrons. The van der Waals surface area contributed by atoms with E-state index in [-0.39, 0.29) is 23.7 Å². The van der Waals surface area contributed by atoms with E-state index in [0.717, 1.165) is 23.5 Å². The number of nitrogens with zero attached hydrogens (tertiary/aromatic N) is 2. The molecule has 1 fully saturated rings. The van der Waals surface area contributed by atoms with Gasteiger partial charge in [-0.05, 0) is 53.6 Å². The lowest BCUT2D eigenvalue weighted by molar-refractivity contribution is -0.122. The summed E-state index contributed by atoms with van der Waals surface area (Å²) in [5, 5.41) is 5.71. The molecule has 3 atom stereocenters. The average molecular weight is 416 g/mol. The normalized spacial score (nSPS) is 22.9. The highest BCUT2D eigenvalue weighted by molar-refractivity contribution is 7.10. The lowest BCUT2D eigenvalue weighted by atomic mass is 9.73. The number of carbonyl (C=O) groups excluding carboxylic acids is 1. The second kappa shape index (κ2) is 7.73. The number of hydrogen-bond donors (Lipinski definition) is 1. The molecule has 0 bridgehead atoms. The van der Waals surface area contributed by atoms with E-state index >= 15 is 0 Å². The Bertz CT molecular complexity index is 1090. The molecule has 1 unspecified atom stereocenters. The van der Waals surface area contributed by atoms with Crippen molar-refractivity contribution in [3.63, 3.8) is 0 Å². The molecule has 30 heavy (non-hydrogen) atoms. The van der Waals surface area contributed by atoms with Crippen molar-refractivity contribution >= 4 is 39.9 Å². The van der Waals surface area contributed by atoms with Crippen LogP contribution in [0.2, 0.25) is 0 Å². The topological polar surface area (TPSA) is 44.7 Å². The van der Waals surface area contributed by atoms with Crippen molar-refractivity contribution in [1.29, 1.82) is 0 Å². The van der Waals surface area contributed by atoms with Crippen molar-refractivity contribution in [3.8, 4) is 0 Å². The largest absolute Gasteiger partial charge is 0.378 e. The minimum atomic E-state index is -0.214. The third-order valence-electron chi connectivity index (χ3n) is 6.15. The molecular weight excluding hydrogens is 390 g/mol. The fourth-order valence-electron chi connectivity index (χ4n) is 4.58. The standard InChI is InChI=1S/C25H25N3OS/c1-28(2)18-11-9-16(10-12-18)17-14-21-24(22(29)15-17)25(23-8-5-13-30-23)27-20-7-4-3-6-19(20)26-21/h3-13,17,24-25,27H,14-15H2,1-2H3/t17-,24?,25+/m1/s1. The third-order valence-corrected chi connectivity index (χ3v) is 7.11. The Morgan fingerprint density at radius 3 is 2.53 bits per heavy atom. The molecular formula is C25H25N3OS. The van der Waals surface area contributed by atoms with Gasteiger partial charge in [-0.3, -0.25) is 9.79 Å². The van der Waals surface area contributed by atoms with E-state index in [1.165, 1.54) is 16.1 Å². The van der Waals surface area contributed by atoms with Gasteiger partial charge in [-0.25, -0.2) is 0 Å². The quantitative estimate of drug-likeness (QED) is 0.586. The zero-order valence-corrected chi connectivity index (χ0v) is 18.0. The van der Waals surface area contributed by atoms with Crippen LogP contribution in [0.3, 0.4) is 0 Å². The fraction of sp³-hybridized carbons (Fsp3) is 0.280. The number of rotatable bonds is 3. The Morgan fingerprint density at radius 2 is 1.80 bits per heavy atom. The molecule has 1 aromatic heterocycles. The van der Waals surface area contributed by atoms with Gasteiger partial charge in [0, 0.05) is 36.8 Å². The monoisotopic (exact) mass is 415 g/mol. The van der Waals surface area contributed by atoms with Crippen LogP contribution in [-0.2, 0) is 4.79 Å². The Labute approximate surface area is 181 Å². The third kappa shape index (κ3) is 3.43. The molecule has 2 aromatic carbocycles. The molecule has 5 heteroatoms. The number of hydrogen-bond acceptors (Lipinski definition) is 5. The van der Waals surface area contributed by atoms with Gasteiger partial charge in [0.1, 0.15) is 5.78 Å². The molecule has 0 spiro atoms. The number of carbonyl (C=O) groups is 1. The number of fused-ring (bicyclic) bond motifs is 2. The molecule has 2 aliphatic rings. The van der Waals surface area contributed by atoms with Crippen LogP contribution in [-0.4, -0.2) is 25.6 Å². The Hall–Kier alpha value is -2.92. The van der Waals surface area contributed by atoms with Crippen molar-refractivity contribution in [3.05, 3.63) is 76.5 Å². The summed E-state index contributed by atoms with van der Waals surface area (Å²) in [6, 6.07) is 20.8. The van der Waals surface area contributed by atoms with Crippen LogP contribution in [0.1, 0.15) is 35.2 Å². The summed E-state index contributed by atoms with van der Waals surface area (Å²) >= 11 is 1.70. The molecule has 0 amide bonds. The number of thiophene rings is 1. The first-order valence-electron chi connectivity index (χ1n) is 10.4. The number of anilines is 2. The molecule has 0 saturated heterocycles. The highest BCUT2D eigenvalue weighted by Crippen LogP contribution is 2.44. The number of aliphatic imine (C=N–C) groups is 1.